The van der Waals surface area contributed by atoms with Gasteiger partial charge in [-0.15, -0.1) is 0 Å². The van der Waals surface area contributed by atoms with Gasteiger partial charge in [-0.05, 0) is 60.8 Å². The normalized spacial score (nSPS) is 19.8. The predicted octanol–water partition coefficient (Wildman–Crippen LogP) is 2.74. The largest absolute Gasteiger partial charge is 0.461 e. The highest BCUT2D eigenvalue weighted by Gasteiger charge is 2.45. The smallest absolute Gasteiger partial charge is 0.410 e. The Morgan fingerprint density at radius 3 is 2.19 bits per heavy atom. The van der Waals surface area contributed by atoms with Crippen LogP contribution in [0, 0.1) is 5.92 Å². The van der Waals surface area contributed by atoms with Crippen LogP contribution in [-0.2, 0) is 52.5 Å². The minimum absolute atomic E-state index is 0.0358. The molecule has 16 heteroatoms. The molecule has 3 heterocycles. The number of nitrogens with zero attached hydrogens (tertiary/aromatic N) is 3. The summed E-state index contributed by atoms with van der Waals surface area (Å²) in [6, 6.07) is -1.76. The highest BCUT2D eigenvalue weighted by Crippen LogP contribution is 2.31. The molecule has 2 saturated heterocycles. The van der Waals surface area contributed by atoms with Gasteiger partial charge >= 0.3 is 18.0 Å². The third kappa shape index (κ3) is 13.2. The van der Waals surface area contributed by atoms with Crippen LogP contribution in [0.5, 0.6) is 0 Å². The van der Waals surface area contributed by atoms with Gasteiger partial charge in [0, 0.05) is 57.5 Å². The number of imide groups is 1. The molecule has 3 aliphatic rings. The maximum absolute atomic E-state index is 13.6. The van der Waals surface area contributed by atoms with Crippen molar-refractivity contribution in [1.82, 2.24) is 20.0 Å². The topological polar surface area (TPSA) is 195 Å². The van der Waals surface area contributed by atoms with Crippen molar-refractivity contribution in [3.05, 3.63) is 37.0 Å². The lowest BCUT2D eigenvalue weighted by atomic mass is 9.94. The fraction of sp³-hybridized carbons (Fsp3) is 0.632. The average molecular weight is 759 g/mol. The second-order valence-electron chi connectivity index (χ2n) is 15.5. The zero-order valence-corrected chi connectivity index (χ0v) is 32.2. The van der Waals surface area contributed by atoms with Crippen LogP contribution in [0.15, 0.2) is 37.0 Å². The quantitative estimate of drug-likeness (QED) is 0.0988. The molecule has 0 saturated carbocycles. The van der Waals surface area contributed by atoms with Crippen LogP contribution in [0.1, 0.15) is 86.5 Å². The molecular weight excluding hydrogens is 704 g/mol. The van der Waals surface area contributed by atoms with Gasteiger partial charge in [0.2, 0.25) is 11.8 Å². The number of Topliss-reactive ketones (excluding diaryl/α,β-unsaturated/α-hetero) is 1. The van der Waals surface area contributed by atoms with Crippen LogP contribution in [-0.4, -0.2) is 125 Å². The molecule has 0 aromatic heterocycles. The van der Waals surface area contributed by atoms with E-state index in [1.165, 1.54) is 15.9 Å². The molecule has 0 aromatic carbocycles. The zero-order valence-electron chi connectivity index (χ0n) is 32.2. The minimum Gasteiger partial charge on any atom is -0.461 e. The van der Waals surface area contributed by atoms with Gasteiger partial charge in [0.15, 0.2) is 6.23 Å². The number of rotatable bonds is 17. The predicted molar refractivity (Wildman–Crippen MR) is 193 cm³/mol. The molecule has 0 aromatic rings. The fourth-order valence-electron chi connectivity index (χ4n) is 6.12. The molecule has 5 amide bonds. The highest BCUT2D eigenvalue weighted by molar-refractivity contribution is 6.13. The van der Waals surface area contributed by atoms with Crippen LogP contribution in [0.2, 0.25) is 0 Å². The lowest BCUT2D eigenvalue weighted by Crippen LogP contribution is -2.51. The third-order valence-corrected chi connectivity index (χ3v) is 8.56. The Balaban J connectivity index is 1.65. The van der Waals surface area contributed by atoms with Crippen molar-refractivity contribution < 1.29 is 57.3 Å². The molecule has 0 aliphatic carbocycles. The lowest BCUT2D eigenvalue weighted by molar-refractivity contribution is -0.159. The molecule has 2 fully saturated rings. The van der Waals surface area contributed by atoms with Crippen molar-refractivity contribution in [2.24, 2.45) is 5.92 Å². The Kier molecular flexibility index (Phi) is 15.3. The summed E-state index contributed by atoms with van der Waals surface area (Å²) in [7, 11) is 0. The highest BCUT2D eigenvalue weighted by atomic mass is 16.6. The van der Waals surface area contributed by atoms with Gasteiger partial charge < -0.3 is 29.2 Å². The summed E-state index contributed by atoms with van der Waals surface area (Å²) in [5.74, 6) is -5.01. The summed E-state index contributed by atoms with van der Waals surface area (Å²) in [5, 5.41) is 2.54. The van der Waals surface area contributed by atoms with Gasteiger partial charge in [0.1, 0.15) is 29.6 Å². The van der Waals surface area contributed by atoms with Gasteiger partial charge in [0.25, 0.3) is 11.8 Å². The average Bonchev–Trinajstić information content (AvgIpc) is 3.79. The molecular formula is C38H54N4O12. The number of esters is 2. The van der Waals surface area contributed by atoms with E-state index in [4.69, 9.17) is 18.9 Å². The molecule has 1 unspecified atom stereocenters. The van der Waals surface area contributed by atoms with E-state index in [1.807, 2.05) is 0 Å². The van der Waals surface area contributed by atoms with Crippen molar-refractivity contribution in [2.45, 2.75) is 116 Å². The van der Waals surface area contributed by atoms with Gasteiger partial charge in [-0.3, -0.25) is 38.6 Å². The standard InChI is InChI=1S/C38H54N4O12/c1-9-19-52-34(48)25(10-13-32(47)41-18-20-51-33(41)28-21-24(2)23-42(28)36(50)54-38(6,7)8)22-26(43)11-12-27(35(49)53-37(3,4)5)39-29(44)16-17-40-30(45)14-15-31(40)46/h9,14-15,25,27-28,33H,1-2,10-13,16-23H2,3-8H3,(H,39,44)/t25-,27+,28+,33?/m1/s1. The number of likely N-dealkylation sites (tertiary alicyclic amines) is 1. The SMILES string of the molecule is C=CCOC(=O)[C@H](CCC(=O)N1CCOC1[C@@H]1CC(=C)CN1C(=O)OC(C)(C)C)CC(=O)CC[C@H](NC(=O)CCN1C(=O)C=CC1=O)C(=O)OC(C)(C)C. The van der Waals surface area contributed by atoms with E-state index in [0.29, 0.717) is 6.42 Å². The summed E-state index contributed by atoms with van der Waals surface area (Å²) < 4.78 is 22.2. The number of amides is 5. The monoisotopic (exact) mass is 758 g/mol. The van der Waals surface area contributed by atoms with Gasteiger partial charge in [0.05, 0.1) is 18.6 Å². The van der Waals surface area contributed by atoms with E-state index >= 15 is 0 Å². The van der Waals surface area contributed by atoms with Crippen LogP contribution in [0.4, 0.5) is 4.79 Å². The maximum atomic E-state index is 13.6. The van der Waals surface area contributed by atoms with E-state index < -0.39 is 77.0 Å². The van der Waals surface area contributed by atoms with Crippen molar-refractivity contribution in [3.8, 4) is 0 Å². The summed E-state index contributed by atoms with van der Waals surface area (Å²) in [6.45, 7) is 18.2. The first-order valence-electron chi connectivity index (χ1n) is 18.1. The molecule has 298 valence electrons. The maximum Gasteiger partial charge on any atom is 0.410 e. The fourth-order valence-corrected chi connectivity index (χ4v) is 6.12. The second kappa shape index (κ2) is 18.9. The molecule has 4 atom stereocenters. The first kappa shape index (κ1) is 43.5. The van der Waals surface area contributed by atoms with E-state index in [1.54, 1.807) is 41.5 Å². The van der Waals surface area contributed by atoms with Gasteiger partial charge in [-0.2, -0.15) is 0 Å². The zero-order chi connectivity index (χ0) is 40.4. The van der Waals surface area contributed by atoms with Crippen LogP contribution < -0.4 is 5.32 Å². The van der Waals surface area contributed by atoms with Crippen LogP contribution >= 0.6 is 0 Å². The Bertz CT molecular complexity index is 1510. The number of nitrogens with one attached hydrogen (secondary N) is 1. The number of hydrogen-bond acceptors (Lipinski definition) is 12. The molecule has 0 radical (unpaired) electrons. The number of carbonyl (C=O) groups excluding carboxylic acids is 8. The van der Waals surface area contributed by atoms with Crippen molar-refractivity contribution in [1.29, 1.82) is 0 Å². The van der Waals surface area contributed by atoms with E-state index in [-0.39, 0.29) is 77.3 Å². The first-order chi connectivity index (χ1) is 25.2. The third-order valence-electron chi connectivity index (χ3n) is 8.56. The molecule has 16 nitrogen and oxygen atoms in total. The number of hydrogen-bond donors (Lipinski definition) is 1. The number of carbonyl (C=O) groups is 8. The lowest BCUT2D eigenvalue weighted by Gasteiger charge is -2.34. The Labute approximate surface area is 316 Å². The number of ether oxygens (including phenoxy) is 4. The van der Waals surface area contributed by atoms with E-state index in [9.17, 15) is 38.4 Å². The Morgan fingerprint density at radius 1 is 0.926 bits per heavy atom. The van der Waals surface area contributed by atoms with Crippen molar-refractivity contribution >= 4 is 47.4 Å². The van der Waals surface area contributed by atoms with Crippen LogP contribution in [0.3, 0.4) is 0 Å². The minimum atomic E-state index is -1.24. The Hall–Kier alpha value is -4.86. The summed E-state index contributed by atoms with van der Waals surface area (Å²) >= 11 is 0. The molecule has 0 bridgehead atoms. The number of ketones is 1. The molecule has 0 spiro atoms. The Morgan fingerprint density at radius 2 is 1.57 bits per heavy atom. The molecule has 3 aliphatic heterocycles. The van der Waals surface area contributed by atoms with Crippen molar-refractivity contribution in [3.63, 3.8) is 0 Å². The van der Waals surface area contributed by atoms with Gasteiger partial charge in [-0.1, -0.05) is 24.8 Å². The van der Waals surface area contributed by atoms with Crippen molar-refractivity contribution in [2.75, 3.05) is 32.8 Å². The molecule has 1 N–H and O–H groups in total. The van der Waals surface area contributed by atoms with Gasteiger partial charge in [-0.25, -0.2) is 9.59 Å². The summed E-state index contributed by atoms with van der Waals surface area (Å²) in [5.41, 5.74) is -0.848. The van der Waals surface area contributed by atoms with E-state index in [2.05, 4.69) is 18.5 Å². The first-order valence-corrected chi connectivity index (χ1v) is 18.1. The molecule has 54 heavy (non-hydrogen) atoms. The second-order valence-corrected chi connectivity index (χ2v) is 15.5. The summed E-state index contributed by atoms with van der Waals surface area (Å²) in [6.07, 6.45) is 1.53. The van der Waals surface area contributed by atoms with E-state index in [0.717, 1.165) is 22.6 Å². The summed E-state index contributed by atoms with van der Waals surface area (Å²) in [4.78, 5) is 106. The van der Waals surface area contributed by atoms with Crippen LogP contribution in [0.25, 0.3) is 0 Å². The molecule has 3 rings (SSSR count).